The van der Waals surface area contributed by atoms with Gasteiger partial charge in [-0.25, -0.2) is 0 Å². The summed E-state index contributed by atoms with van der Waals surface area (Å²) in [4.78, 5) is 26.4. The normalized spacial score (nSPS) is 21.2. The first-order valence-electron chi connectivity index (χ1n) is 8.03. The third-order valence-electron chi connectivity index (χ3n) is 4.30. The molecule has 1 aromatic carbocycles. The van der Waals surface area contributed by atoms with Gasteiger partial charge in [0.25, 0.3) is 5.91 Å². The van der Waals surface area contributed by atoms with Crippen molar-refractivity contribution in [3.05, 3.63) is 23.8 Å². The molecule has 0 aromatic heterocycles. The van der Waals surface area contributed by atoms with Gasteiger partial charge in [-0.1, -0.05) is 6.92 Å². The lowest BCUT2D eigenvalue weighted by Gasteiger charge is -2.30. The van der Waals surface area contributed by atoms with Crippen LogP contribution in [-0.2, 0) is 4.79 Å². The van der Waals surface area contributed by atoms with Crippen LogP contribution < -0.4 is 15.0 Å². The molecule has 1 aromatic rings. The highest BCUT2D eigenvalue weighted by Gasteiger charge is 2.28. The third kappa shape index (κ3) is 2.86. The van der Waals surface area contributed by atoms with Gasteiger partial charge in [-0.3, -0.25) is 9.59 Å². The lowest BCUT2D eigenvalue weighted by Crippen LogP contribution is -2.39. The molecule has 5 nitrogen and oxygen atoms in total. The van der Waals surface area contributed by atoms with Crippen LogP contribution in [0.2, 0.25) is 0 Å². The maximum atomic E-state index is 12.6. The van der Waals surface area contributed by atoms with Gasteiger partial charge in [0.15, 0.2) is 12.4 Å². The SMILES string of the molecule is CCCN1C(=O)COc2ccc(C(=O)C3CCCNC3)cc21. The van der Waals surface area contributed by atoms with E-state index in [0.717, 1.165) is 38.0 Å². The molecular formula is C17H22N2O3. The van der Waals surface area contributed by atoms with Crippen molar-refractivity contribution in [3.63, 3.8) is 0 Å². The van der Waals surface area contributed by atoms with Crippen LogP contribution in [0.1, 0.15) is 36.5 Å². The van der Waals surface area contributed by atoms with Crippen molar-refractivity contribution in [2.45, 2.75) is 26.2 Å². The molecule has 2 aliphatic heterocycles. The molecule has 1 atom stereocenters. The van der Waals surface area contributed by atoms with Crippen LogP contribution in [0.25, 0.3) is 0 Å². The highest BCUT2D eigenvalue weighted by Crippen LogP contribution is 2.34. The number of hydrogen-bond acceptors (Lipinski definition) is 4. The molecule has 1 fully saturated rings. The largest absolute Gasteiger partial charge is 0.482 e. The van der Waals surface area contributed by atoms with Crippen molar-refractivity contribution >= 4 is 17.4 Å². The Morgan fingerprint density at radius 3 is 3.05 bits per heavy atom. The summed E-state index contributed by atoms with van der Waals surface area (Å²) in [5.74, 6) is 0.834. The Balaban J connectivity index is 1.88. The summed E-state index contributed by atoms with van der Waals surface area (Å²) in [5.41, 5.74) is 1.40. The molecule has 3 rings (SSSR count). The number of amides is 1. The molecule has 1 N–H and O–H groups in total. The van der Waals surface area contributed by atoms with Crippen LogP contribution in [-0.4, -0.2) is 37.9 Å². The monoisotopic (exact) mass is 302 g/mol. The van der Waals surface area contributed by atoms with E-state index in [0.29, 0.717) is 17.9 Å². The summed E-state index contributed by atoms with van der Waals surface area (Å²) in [7, 11) is 0. The second-order valence-corrected chi connectivity index (χ2v) is 5.92. The number of fused-ring (bicyclic) bond motifs is 1. The van der Waals surface area contributed by atoms with Gasteiger partial charge in [-0.05, 0) is 44.0 Å². The fourth-order valence-corrected chi connectivity index (χ4v) is 3.14. The third-order valence-corrected chi connectivity index (χ3v) is 4.30. The van der Waals surface area contributed by atoms with Crippen LogP contribution in [0.4, 0.5) is 5.69 Å². The summed E-state index contributed by atoms with van der Waals surface area (Å²) < 4.78 is 5.48. The van der Waals surface area contributed by atoms with E-state index in [1.807, 2.05) is 25.1 Å². The van der Waals surface area contributed by atoms with Crippen molar-refractivity contribution in [2.24, 2.45) is 5.92 Å². The molecule has 0 bridgehead atoms. The van der Waals surface area contributed by atoms with E-state index in [1.54, 1.807) is 4.90 Å². The van der Waals surface area contributed by atoms with Gasteiger partial charge in [0.1, 0.15) is 5.75 Å². The summed E-state index contributed by atoms with van der Waals surface area (Å²) in [5, 5.41) is 3.27. The van der Waals surface area contributed by atoms with Gasteiger partial charge >= 0.3 is 0 Å². The second kappa shape index (κ2) is 6.48. The van der Waals surface area contributed by atoms with Crippen molar-refractivity contribution < 1.29 is 14.3 Å². The quantitative estimate of drug-likeness (QED) is 0.864. The minimum Gasteiger partial charge on any atom is -0.482 e. The van der Waals surface area contributed by atoms with Gasteiger partial charge in [-0.15, -0.1) is 0 Å². The highest BCUT2D eigenvalue weighted by molar-refractivity contribution is 6.02. The van der Waals surface area contributed by atoms with E-state index in [2.05, 4.69) is 5.32 Å². The molecule has 2 aliphatic rings. The van der Waals surface area contributed by atoms with E-state index in [1.165, 1.54) is 0 Å². The molecule has 2 heterocycles. The van der Waals surface area contributed by atoms with Crippen LogP contribution >= 0.6 is 0 Å². The fourth-order valence-electron chi connectivity index (χ4n) is 3.14. The molecule has 0 saturated carbocycles. The van der Waals surface area contributed by atoms with Gasteiger partial charge in [0.2, 0.25) is 0 Å². The van der Waals surface area contributed by atoms with Crippen LogP contribution in [0.3, 0.4) is 0 Å². The number of anilines is 1. The van der Waals surface area contributed by atoms with Crippen molar-refractivity contribution in [1.29, 1.82) is 0 Å². The summed E-state index contributed by atoms with van der Waals surface area (Å²) in [6, 6.07) is 5.45. The number of ketones is 1. The number of piperidine rings is 1. The Kier molecular flexibility index (Phi) is 4.43. The number of rotatable bonds is 4. The number of benzene rings is 1. The van der Waals surface area contributed by atoms with Crippen LogP contribution in [0, 0.1) is 5.92 Å². The fraction of sp³-hybridized carbons (Fsp3) is 0.529. The molecule has 0 aliphatic carbocycles. The van der Waals surface area contributed by atoms with Crippen LogP contribution in [0.15, 0.2) is 18.2 Å². The number of ether oxygens (including phenoxy) is 1. The Labute approximate surface area is 130 Å². The van der Waals surface area contributed by atoms with Crippen molar-refractivity contribution in [2.75, 3.05) is 31.1 Å². The number of nitrogens with one attached hydrogen (secondary N) is 1. The Morgan fingerprint density at radius 2 is 2.32 bits per heavy atom. The zero-order valence-electron chi connectivity index (χ0n) is 12.9. The zero-order valence-corrected chi connectivity index (χ0v) is 12.9. The minimum atomic E-state index is -0.0433. The number of Topliss-reactive ketones (excluding diaryl/α,β-unsaturated/α-hetero) is 1. The van der Waals surface area contributed by atoms with E-state index in [4.69, 9.17) is 4.74 Å². The topological polar surface area (TPSA) is 58.6 Å². The van der Waals surface area contributed by atoms with Crippen molar-refractivity contribution in [1.82, 2.24) is 5.32 Å². The van der Waals surface area contributed by atoms with Gasteiger partial charge in [-0.2, -0.15) is 0 Å². The molecule has 0 spiro atoms. The van der Waals surface area contributed by atoms with Gasteiger partial charge in [0.05, 0.1) is 5.69 Å². The molecule has 0 radical (unpaired) electrons. The van der Waals surface area contributed by atoms with Crippen LogP contribution in [0.5, 0.6) is 5.75 Å². The lowest BCUT2D eigenvalue weighted by atomic mass is 9.90. The maximum absolute atomic E-state index is 12.6. The Hall–Kier alpha value is -1.88. The van der Waals surface area contributed by atoms with E-state index in [9.17, 15) is 9.59 Å². The summed E-state index contributed by atoms with van der Waals surface area (Å²) >= 11 is 0. The van der Waals surface area contributed by atoms with E-state index >= 15 is 0 Å². The average molecular weight is 302 g/mol. The molecule has 1 saturated heterocycles. The number of hydrogen-bond donors (Lipinski definition) is 1. The Bertz CT molecular complexity index is 579. The number of carbonyl (C=O) groups is 2. The summed E-state index contributed by atoms with van der Waals surface area (Å²) in [6.45, 7) is 4.49. The molecule has 118 valence electrons. The van der Waals surface area contributed by atoms with E-state index in [-0.39, 0.29) is 24.2 Å². The molecule has 1 amide bonds. The zero-order chi connectivity index (χ0) is 15.5. The number of nitrogens with zero attached hydrogens (tertiary/aromatic N) is 1. The summed E-state index contributed by atoms with van der Waals surface area (Å²) in [6.07, 6.45) is 2.83. The standard InChI is InChI=1S/C17H22N2O3/c1-2-8-19-14-9-12(5-6-15(14)22-11-16(19)20)17(21)13-4-3-7-18-10-13/h5-6,9,13,18H,2-4,7-8,10-11H2,1H3. The first-order valence-corrected chi connectivity index (χ1v) is 8.03. The lowest BCUT2D eigenvalue weighted by molar-refractivity contribution is -0.121. The predicted octanol–water partition coefficient (Wildman–Crippen LogP) is 2.00. The van der Waals surface area contributed by atoms with E-state index < -0.39 is 0 Å². The molecular weight excluding hydrogens is 280 g/mol. The molecule has 5 heteroatoms. The molecule has 1 unspecified atom stereocenters. The van der Waals surface area contributed by atoms with Crippen molar-refractivity contribution in [3.8, 4) is 5.75 Å². The number of carbonyl (C=O) groups excluding carboxylic acids is 2. The Morgan fingerprint density at radius 1 is 1.45 bits per heavy atom. The maximum Gasteiger partial charge on any atom is 0.265 e. The van der Waals surface area contributed by atoms with Gasteiger partial charge < -0.3 is 15.0 Å². The molecule has 22 heavy (non-hydrogen) atoms. The second-order valence-electron chi connectivity index (χ2n) is 5.92. The smallest absolute Gasteiger partial charge is 0.265 e. The first-order chi connectivity index (χ1) is 10.7. The first kappa shape index (κ1) is 15.0. The minimum absolute atomic E-state index is 0.0339. The van der Waals surface area contributed by atoms with Gasteiger partial charge in [0, 0.05) is 24.6 Å². The highest BCUT2D eigenvalue weighted by atomic mass is 16.5. The average Bonchev–Trinajstić information content (AvgIpc) is 2.57. The predicted molar refractivity (Wildman–Crippen MR) is 84.5 cm³/mol.